The lowest BCUT2D eigenvalue weighted by Crippen LogP contribution is -2.10. The number of carbonyl (C=O) groups excluding carboxylic acids is 1. The number of ether oxygens (including phenoxy) is 1. The Morgan fingerprint density at radius 2 is 2.15 bits per heavy atom. The van der Waals surface area contributed by atoms with E-state index in [9.17, 15) is 4.79 Å². The average Bonchev–Trinajstić information content (AvgIpc) is 2.19. The van der Waals surface area contributed by atoms with Gasteiger partial charge in [-0.2, -0.15) is 4.99 Å². The van der Waals surface area contributed by atoms with Crippen molar-refractivity contribution in [1.29, 1.82) is 0 Å². The molecule has 0 aliphatic heterocycles. The van der Waals surface area contributed by atoms with Crippen molar-refractivity contribution in [2.24, 2.45) is 4.99 Å². The van der Waals surface area contributed by atoms with Crippen LogP contribution in [0.5, 0.6) is 0 Å². The molecule has 0 aliphatic rings. The highest BCUT2D eigenvalue weighted by Crippen LogP contribution is 2.05. The van der Waals surface area contributed by atoms with Crippen LogP contribution in [0.4, 0.5) is 0 Å². The van der Waals surface area contributed by atoms with E-state index >= 15 is 0 Å². The highest BCUT2D eigenvalue weighted by atomic mass is 16.5. The highest BCUT2D eigenvalue weighted by molar-refractivity contribution is 5.33. The second kappa shape index (κ2) is 5.25. The largest absolute Gasteiger partial charge is 0.359 e. The van der Waals surface area contributed by atoms with Crippen molar-refractivity contribution in [1.82, 2.24) is 0 Å². The van der Waals surface area contributed by atoms with Gasteiger partial charge in [-0.1, -0.05) is 30.3 Å². The van der Waals surface area contributed by atoms with Crippen molar-refractivity contribution in [3.8, 4) is 0 Å². The van der Waals surface area contributed by atoms with Crippen LogP contribution in [0.2, 0.25) is 0 Å². The first-order valence-corrected chi connectivity index (χ1v) is 4.00. The van der Waals surface area contributed by atoms with E-state index < -0.39 is 6.23 Å². The molecule has 1 rings (SSSR count). The minimum Gasteiger partial charge on any atom is -0.359 e. The SMILES string of the molecule is COC(Cc1ccccc1)N=C=O. The van der Waals surface area contributed by atoms with E-state index in [-0.39, 0.29) is 0 Å². The normalized spacial score (nSPS) is 11.8. The van der Waals surface area contributed by atoms with E-state index in [0.717, 1.165) is 5.56 Å². The third-order valence-corrected chi connectivity index (χ3v) is 1.72. The third kappa shape index (κ3) is 3.20. The Kier molecular flexibility index (Phi) is 3.89. The maximum absolute atomic E-state index is 9.99. The molecule has 0 heterocycles. The molecule has 0 aromatic heterocycles. The summed E-state index contributed by atoms with van der Waals surface area (Å²) in [6, 6.07) is 9.74. The molecule has 1 atom stereocenters. The lowest BCUT2D eigenvalue weighted by atomic mass is 10.1. The Morgan fingerprint density at radius 3 is 2.69 bits per heavy atom. The topological polar surface area (TPSA) is 38.7 Å². The van der Waals surface area contributed by atoms with Gasteiger partial charge in [-0.05, 0) is 5.56 Å². The number of benzene rings is 1. The number of hydrogen-bond donors (Lipinski definition) is 0. The van der Waals surface area contributed by atoms with Gasteiger partial charge in [0.15, 0.2) is 6.23 Å². The molecule has 1 aromatic rings. The molecule has 13 heavy (non-hydrogen) atoms. The van der Waals surface area contributed by atoms with Gasteiger partial charge in [0, 0.05) is 13.5 Å². The molecule has 3 heteroatoms. The fraction of sp³-hybridized carbons (Fsp3) is 0.300. The summed E-state index contributed by atoms with van der Waals surface area (Å²) in [4.78, 5) is 13.5. The number of nitrogens with zero attached hydrogens (tertiary/aromatic N) is 1. The van der Waals surface area contributed by atoms with Gasteiger partial charge in [0.1, 0.15) is 0 Å². The number of methoxy groups -OCH3 is 1. The molecular formula is C10H11NO2. The molecule has 0 saturated carbocycles. The summed E-state index contributed by atoms with van der Waals surface area (Å²) in [6.07, 6.45) is 1.68. The van der Waals surface area contributed by atoms with Gasteiger partial charge in [0.2, 0.25) is 6.08 Å². The van der Waals surface area contributed by atoms with Crippen molar-refractivity contribution < 1.29 is 9.53 Å². The summed E-state index contributed by atoms with van der Waals surface area (Å²) in [6.45, 7) is 0. The molecule has 0 spiro atoms. The van der Waals surface area contributed by atoms with Crippen LogP contribution < -0.4 is 0 Å². The van der Waals surface area contributed by atoms with Gasteiger partial charge in [0.25, 0.3) is 0 Å². The fourth-order valence-corrected chi connectivity index (χ4v) is 1.06. The molecule has 0 aliphatic carbocycles. The maximum Gasteiger partial charge on any atom is 0.237 e. The molecule has 0 saturated heterocycles. The van der Waals surface area contributed by atoms with Crippen LogP contribution in [0.1, 0.15) is 5.56 Å². The summed E-state index contributed by atoms with van der Waals surface area (Å²) in [5, 5.41) is 0. The van der Waals surface area contributed by atoms with Crippen molar-refractivity contribution in [2.75, 3.05) is 7.11 Å². The average molecular weight is 177 g/mol. The summed E-state index contributed by atoms with van der Waals surface area (Å²) in [5.74, 6) is 0. The van der Waals surface area contributed by atoms with Gasteiger partial charge in [0.05, 0.1) is 0 Å². The van der Waals surface area contributed by atoms with Crippen LogP contribution in [-0.4, -0.2) is 19.4 Å². The first kappa shape index (κ1) is 9.65. The lowest BCUT2D eigenvalue weighted by Gasteiger charge is -2.07. The van der Waals surface area contributed by atoms with E-state index in [2.05, 4.69) is 4.99 Å². The zero-order chi connectivity index (χ0) is 9.52. The number of aliphatic imine (C=N–C) groups is 1. The van der Waals surface area contributed by atoms with E-state index in [1.165, 1.54) is 13.2 Å². The van der Waals surface area contributed by atoms with Gasteiger partial charge < -0.3 is 4.74 Å². The van der Waals surface area contributed by atoms with Crippen molar-refractivity contribution in [3.63, 3.8) is 0 Å². The molecule has 0 radical (unpaired) electrons. The fourth-order valence-electron chi connectivity index (χ4n) is 1.06. The summed E-state index contributed by atoms with van der Waals surface area (Å²) in [7, 11) is 1.52. The molecule has 0 fully saturated rings. The summed E-state index contributed by atoms with van der Waals surface area (Å²) >= 11 is 0. The second-order valence-electron chi connectivity index (χ2n) is 2.60. The van der Waals surface area contributed by atoms with Crippen LogP contribution in [0.25, 0.3) is 0 Å². The van der Waals surface area contributed by atoms with Gasteiger partial charge >= 0.3 is 0 Å². The van der Waals surface area contributed by atoms with E-state index in [0.29, 0.717) is 6.42 Å². The zero-order valence-corrected chi connectivity index (χ0v) is 7.43. The van der Waals surface area contributed by atoms with Crippen molar-refractivity contribution in [2.45, 2.75) is 12.6 Å². The van der Waals surface area contributed by atoms with Crippen molar-refractivity contribution >= 4 is 6.08 Å². The Morgan fingerprint density at radius 1 is 1.46 bits per heavy atom. The Hall–Kier alpha value is -1.44. The lowest BCUT2D eigenvalue weighted by molar-refractivity contribution is 0.111. The van der Waals surface area contributed by atoms with E-state index in [4.69, 9.17) is 4.74 Å². The predicted molar refractivity (Wildman–Crippen MR) is 49.1 cm³/mol. The van der Waals surface area contributed by atoms with Gasteiger partial charge in [-0.15, -0.1) is 0 Å². The second-order valence-corrected chi connectivity index (χ2v) is 2.60. The van der Waals surface area contributed by atoms with Crippen LogP contribution in [-0.2, 0) is 16.0 Å². The molecule has 0 bridgehead atoms. The van der Waals surface area contributed by atoms with E-state index in [1.807, 2.05) is 30.3 Å². The molecule has 68 valence electrons. The minimum atomic E-state index is -0.417. The number of rotatable bonds is 4. The van der Waals surface area contributed by atoms with E-state index in [1.54, 1.807) is 0 Å². The molecule has 0 N–H and O–H groups in total. The highest BCUT2D eigenvalue weighted by Gasteiger charge is 2.04. The number of hydrogen-bond acceptors (Lipinski definition) is 3. The Bertz CT molecular complexity index is 291. The predicted octanol–water partition coefficient (Wildman–Crippen LogP) is 1.54. The first-order valence-electron chi connectivity index (χ1n) is 4.00. The molecule has 0 amide bonds. The molecule has 1 unspecified atom stereocenters. The minimum absolute atomic E-state index is 0.417. The van der Waals surface area contributed by atoms with Crippen LogP contribution in [0.15, 0.2) is 35.3 Å². The monoisotopic (exact) mass is 177 g/mol. The van der Waals surface area contributed by atoms with Crippen LogP contribution in [0.3, 0.4) is 0 Å². The number of isocyanates is 1. The van der Waals surface area contributed by atoms with Crippen LogP contribution in [0, 0.1) is 0 Å². The first-order chi connectivity index (χ1) is 6.36. The van der Waals surface area contributed by atoms with Crippen LogP contribution >= 0.6 is 0 Å². The van der Waals surface area contributed by atoms with Gasteiger partial charge in [-0.3, -0.25) is 0 Å². The third-order valence-electron chi connectivity index (χ3n) is 1.72. The molecular weight excluding hydrogens is 166 g/mol. The summed E-state index contributed by atoms with van der Waals surface area (Å²) in [5.41, 5.74) is 1.09. The quantitative estimate of drug-likeness (QED) is 0.517. The molecule has 3 nitrogen and oxygen atoms in total. The Balaban J connectivity index is 2.61. The van der Waals surface area contributed by atoms with Crippen molar-refractivity contribution in [3.05, 3.63) is 35.9 Å². The molecule has 1 aromatic carbocycles. The smallest absolute Gasteiger partial charge is 0.237 e. The summed E-state index contributed by atoms with van der Waals surface area (Å²) < 4.78 is 4.97. The Labute approximate surface area is 77.1 Å². The van der Waals surface area contributed by atoms with Gasteiger partial charge in [-0.25, -0.2) is 4.79 Å². The standard InChI is InChI=1S/C10H11NO2/c1-13-10(11-8-12)7-9-5-3-2-4-6-9/h2-6,10H,7H2,1H3. The maximum atomic E-state index is 9.99. The zero-order valence-electron chi connectivity index (χ0n) is 7.43.